The Hall–Kier alpha value is -0.800. The number of rotatable bonds is 4. The molecule has 0 amide bonds. The molecule has 0 saturated heterocycles. The van der Waals surface area contributed by atoms with Crippen LogP contribution >= 0.6 is 34.8 Å². The molecule has 2 aromatic carbocycles. The van der Waals surface area contributed by atoms with Crippen molar-refractivity contribution in [3.8, 4) is 0 Å². The first-order valence-electron chi connectivity index (χ1n) is 5.65. The van der Waals surface area contributed by atoms with Gasteiger partial charge in [-0.1, -0.05) is 46.9 Å². The van der Waals surface area contributed by atoms with Crippen molar-refractivity contribution in [2.24, 2.45) is 0 Å². The lowest BCUT2D eigenvalue weighted by Gasteiger charge is -2.07. The highest BCUT2D eigenvalue weighted by Crippen LogP contribution is 2.22. The van der Waals surface area contributed by atoms with E-state index in [1.54, 1.807) is 18.2 Å². The summed E-state index contributed by atoms with van der Waals surface area (Å²) in [4.78, 5) is 0. The fourth-order valence-corrected chi connectivity index (χ4v) is 2.17. The molecule has 0 unspecified atom stereocenters. The van der Waals surface area contributed by atoms with Crippen molar-refractivity contribution in [2.75, 3.05) is 0 Å². The summed E-state index contributed by atoms with van der Waals surface area (Å²) in [6, 6.07) is 10.1. The predicted octanol–water partition coefficient (Wildman–Crippen LogP) is 5.08. The van der Waals surface area contributed by atoms with Gasteiger partial charge in [0.2, 0.25) is 0 Å². The van der Waals surface area contributed by atoms with Crippen molar-refractivity contribution in [3.63, 3.8) is 0 Å². The Morgan fingerprint density at radius 2 is 1.37 bits per heavy atom. The summed E-state index contributed by atoms with van der Waals surface area (Å²) >= 11 is 17.5. The summed E-state index contributed by atoms with van der Waals surface area (Å²) in [7, 11) is 0. The van der Waals surface area contributed by atoms with E-state index in [4.69, 9.17) is 34.8 Å². The molecule has 0 bridgehead atoms. The van der Waals surface area contributed by atoms with Gasteiger partial charge >= 0.3 is 0 Å². The van der Waals surface area contributed by atoms with Crippen molar-refractivity contribution in [1.82, 2.24) is 5.32 Å². The topological polar surface area (TPSA) is 12.0 Å². The Morgan fingerprint density at radius 3 is 1.95 bits per heavy atom. The average molecular weight is 319 g/mol. The predicted molar refractivity (Wildman–Crippen MR) is 78.4 cm³/mol. The van der Waals surface area contributed by atoms with E-state index in [2.05, 4.69) is 5.32 Å². The van der Waals surface area contributed by atoms with Gasteiger partial charge in [0, 0.05) is 13.1 Å². The molecule has 2 aromatic rings. The number of hydrogen-bond donors (Lipinski definition) is 1. The molecule has 0 heterocycles. The zero-order valence-corrected chi connectivity index (χ0v) is 12.2. The largest absolute Gasteiger partial charge is 0.309 e. The quantitative estimate of drug-likeness (QED) is 0.829. The van der Waals surface area contributed by atoms with Crippen LogP contribution in [0.4, 0.5) is 4.39 Å². The SMILES string of the molecule is Fc1ccc(CNCc2ccc(Cl)c(Cl)c2)cc1Cl. The fourth-order valence-electron chi connectivity index (χ4n) is 1.65. The Balaban J connectivity index is 1.92. The third kappa shape index (κ3) is 4.08. The van der Waals surface area contributed by atoms with Crippen LogP contribution in [0.2, 0.25) is 15.1 Å². The van der Waals surface area contributed by atoms with E-state index in [0.717, 1.165) is 11.1 Å². The van der Waals surface area contributed by atoms with Crippen LogP contribution in [-0.4, -0.2) is 0 Å². The third-order valence-corrected chi connectivity index (χ3v) is 3.65. The molecule has 1 nitrogen and oxygen atoms in total. The summed E-state index contributed by atoms with van der Waals surface area (Å²) < 4.78 is 13.0. The van der Waals surface area contributed by atoms with Crippen LogP contribution in [0.1, 0.15) is 11.1 Å². The maximum absolute atomic E-state index is 13.0. The molecule has 0 aromatic heterocycles. The maximum Gasteiger partial charge on any atom is 0.141 e. The molecule has 0 saturated carbocycles. The van der Waals surface area contributed by atoms with Gasteiger partial charge in [0.25, 0.3) is 0 Å². The summed E-state index contributed by atoms with van der Waals surface area (Å²) in [5.41, 5.74) is 1.95. The number of hydrogen-bond acceptors (Lipinski definition) is 1. The fraction of sp³-hybridized carbons (Fsp3) is 0.143. The summed E-state index contributed by atoms with van der Waals surface area (Å²) in [6.45, 7) is 1.24. The van der Waals surface area contributed by atoms with Gasteiger partial charge < -0.3 is 5.32 Å². The summed E-state index contributed by atoms with van der Waals surface area (Å²) in [5, 5.41) is 4.43. The number of nitrogens with one attached hydrogen (secondary N) is 1. The minimum Gasteiger partial charge on any atom is -0.309 e. The molecule has 0 radical (unpaired) electrons. The van der Waals surface area contributed by atoms with Gasteiger partial charge in [0.15, 0.2) is 0 Å². The molecule has 0 aliphatic heterocycles. The average Bonchev–Trinajstić information content (AvgIpc) is 2.38. The van der Waals surface area contributed by atoms with Crippen LogP contribution in [0.3, 0.4) is 0 Å². The van der Waals surface area contributed by atoms with Gasteiger partial charge in [-0.15, -0.1) is 0 Å². The monoisotopic (exact) mass is 317 g/mol. The standard InChI is InChI=1S/C14H11Cl3FN/c15-11-3-1-9(5-12(11)16)7-19-8-10-2-4-14(18)13(17)6-10/h1-6,19H,7-8H2. The van der Waals surface area contributed by atoms with E-state index in [1.165, 1.54) is 6.07 Å². The van der Waals surface area contributed by atoms with Gasteiger partial charge in [-0.25, -0.2) is 4.39 Å². The van der Waals surface area contributed by atoms with E-state index in [1.807, 2.05) is 12.1 Å². The molecular formula is C14H11Cl3FN. The second kappa shape index (κ2) is 6.58. The first-order valence-corrected chi connectivity index (χ1v) is 6.78. The smallest absolute Gasteiger partial charge is 0.141 e. The highest BCUT2D eigenvalue weighted by molar-refractivity contribution is 6.42. The molecule has 0 aliphatic rings. The highest BCUT2D eigenvalue weighted by Gasteiger charge is 2.02. The summed E-state index contributed by atoms with van der Waals surface area (Å²) in [5.74, 6) is -0.408. The van der Waals surface area contributed by atoms with E-state index >= 15 is 0 Å². The Morgan fingerprint density at radius 1 is 0.789 bits per heavy atom. The normalized spacial score (nSPS) is 10.7. The van der Waals surface area contributed by atoms with Crippen molar-refractivity contribution in [1.29, 1.82) is 0 Å². The molecular weight excluding hydrogens is 308 g/mol. The molecule has 0 aliphatic carbocycles. The summed E-state index contributed by atoms with van der Waals surface area (Å²) in [6.07, 6.45) is 0. The first-order chi connectivity index (χ1) is 9.06. The highest BCUT2D eigenvalue weighted by atomic mass is 35.5. The van der Waals surface area contributed by atoms with Crippen LogP contribution in [0.15, 0.2) is 36.4 Å². The lowest BCUT2D eigenvalue weighted by atomic mass is 10.2. The lowest BCUT2D eigenvalue weighted by Crippen LogP contribution is -2.12. The van der Waals surface area contributed by atoms with Crippen molar-refractivity contribution in [2.45, 2.75) is 13.1 Å². The lowest BCUT2D eigenvalue weighted by molar-refractivity contribution is 0.625. The molecule has 5 heteroatoms. The first kappa shape index (κ1) is 14.6. The molecule has 100 valence electrons. The van der Waals surface area contributed by atoms with Crippen molar-refractivity contribution < 1.29 is 4.39 Å². The van der Waals surface area contributed by atoms with Gasteiger partial charge in [-0.3, -0.25) is 0 Å². The Kier molecular flexibility index (Phi) is 5.06. The van der Waals surface area contributed by atoms with E-state index in [-0.39, 0.29) is 5.02 Å². The molecule has 0 fully saturated rings. The van der Waals surface area contributed by atoms with Crippen LogP contribution in [0, 0.1) is 5.82 Å². The van der Waals surface area contributed by atoms with Gasteiger partial charge in [-0.05, 0) is 35.4 Å². The second-order valence-corrected chi connectivity index (χ2v) is 5.32. The zero-order valence-electron chi connectivity index (χ0n) is 9.89. The third-order valence-electron chi connectivity index (χ3n) is 2.63. The van der Waals surface area contributed by atoms with Crippen molar-refractivity contribution >= 4 is 34.8 Å². The van der Waals surface area contributed by atoms with E-state index in [0.29, 0.717) is 23.1 Å². The van der Waals surface area contributed by atoms with Gasteiger partial charge in [0.1, 0.15) is 5.82 Å². The maximum atomic E-state index is 13.0. The molecule has 0 atom stereocenters. The zero-order chi connectivity index (χ0) is 13.8. The van der Waals surface area contributed by atoms with Gasteiger partial charge in [0.05, 0.1) is 15.1 Å². The Labute approximate surface area is 126 Å². The van der Waals surface area contributed by atoms with E-state index in [9.17, 15) is 4.39 Å². The molecule has 0 spiro atoms. The van der Waals surface area contributed by atoms with Crippen LogP contribution in [0.25, 0.3) is 0 Å². The second-order valence-electron chi connectivity index (χ2n) is 4.10. The molecule has 1 N–H and O–H groups in total. The Bertz CT molecular complexity index is 535. The minimum absolute atomic E-state index is 0.133. The molecule has 19 heavy (non-hydrogen) atoms. The van der Waals surface area contributed by atoms with Gasteiger partial charge in [-0.2, -0.15) is 0 Å². The number of halogens is 4. The minimum atomic E-state index is -0.408. The molecule has 2 rings (SSSR count). The van der Waals surface area contributed by atoms with Crippen molar-refractivity contribution in [3.05, 3.63) is 68.4 Å². The van der Waals surface area contributed by atoms with E-state index < -0.39 is 5.82 Å². The number of benzene rings is 2. The van der Waals surface area contributed by atoms with Crippen LogP contribution in [0.5, 0.6) is 0 Å². The van der Waals surface area contributed by atoms with Crippen LogP contribution < -0.4 is 5.32 Å². The van der Waals surface area contributed by atoms with Crippen LogP contribution in [-0.2, 0) is 13.1 Å².